The van der Waals surface area contributed by atoms with Gasteiger partial charge in [0.15, 0.2) is 23.4 Å². The van der Waals surface area contributed by atoms with Gasteiger partial charge in [0.1, 0.15) is 5.75 Å². The van der Waals surface area contributed by atoms with Gasteiger partial charge in [-0.3, -0.25) is 4.79 Å². The van der Waals surface area contributed by atoms with Gasteiger partial charge in [0.25, 0.3) is 5.91 Å². The highest BCUT2D eigenvalue weighted by atomic mass is 16.7. The summed E-state index contributed by atoms with van der Waals surface area (Å²) in [6.45, 7) is 4.74. The first-order valence-electron chi connectivity index (χ1n) is 10.1. The largest absolute Gasteiger partial charge is 0.481 e. The number of aromatic nitrogens is 2. The number of benzene rings is 1. The number of rotatable bonds is 5. The molecular weight excluding hydrogens is 372 g/mol. The van der Waals surface area contributed by atoms with Gasteiger partial charge in [-0.2, -0.15) is 5.10 Å². The van der Waals surface area contributed by atoms with Crippen molar-refractivity contribution in [1.29, 1.82) is 0 Å². The highest BCUT2D eigenvalue weighted by molar-refractivity contribution is 5.81. The van der Waals surface area contributed by atoms with E-state index in [0.29, 0.717) is 36.3 Å². The second kappa shape index (κ2) is 7.42. The summed E-state index contributed by atoms with van der Waals surface area (Å²) < 4.78 is 16.5. The minimum absolute atomic E-state index is 0.0162. The minimum atomic E-state index is -0.570. The maximum atomic E-state index is 12.8. The predicted octanol–water partition coefficient (Wildman–Crippen LogP) is 2.20. The molecular formula is C21H24N4O4. The normalized spacial score (nSPS) is 19.2. The fraction of sp³-hybridized carbons (Fsp3) is 0.476. The van der Waals surface area contributed by atoms with Gasteiger partial charge in [0, 0.05) is 38.2 Å². The number of piperazine rings is 1. The molecule has 1 aromatic carbocycles. The number of hydrogen-bond acceptors (Lipinski definition) is 7. The van der Waals surface area contributed by atoms with Crippen molar-refractivity contribution in [2.24, 2.45) is 0 Å². The van der Waals surface area contributed by atoms with Crippen LogP contribution in [0.25, 0.3) is 0 Å². The molecule has 8 nitrogen and oxygen atoms in total. The zero-order chi connectivity index (χ0) is 19.8. The number of fused-ring (bicyclic) bond motifs is 1. The van der Waals surface area contributed by atoms with E-state index in [0.717, 1.165) is 24.6 Å². The Hall–Kier alpha value is -3.03. The molecule has 2 aromatic rings. The lowest BCUT2D eigenvalue weighted by Crippen LogP contribution is -2.52. The number of nitrogens with zero attached hydrogens (tertiary/aromatic N) is 4. The summed E-state index contributed by atoms with van der Waals surface area (Å²) in [5.41, 5.74) is 1.09. The molecule has 1 amide bonds. The number of ether oxygens (including phenoxy) is 3. The van der Waals surface area contributed by atoms with Gasteiger partial charge < -0.3 is 24.0 Å². The van der Waals surface area contributed by atoms with Crippen LogP contribution in [0.5, 0.6) is 17.2 Å². The Morgan fingerprint density at radius 1 is 1.07 bits per heavy atom. The molecule has 2 aliphatic heterocycles. The molecule has 0 bridgehead atoms. The van der Waals surface area contributed by atoms with Crippen LogP contribution in [-0.4, -0.2) is 60.1 Å². The molecule has 5 rings (SSSR count). The van der Waals surface area contributed by atoms with Crippen LogP contribution < -0.4 is 19.1 Å². The number of hydrogen-bond donors (Lipinski definition) is 0. The molecule has 1 saturated heterocycles. The Morgan fingerprint density at radius 3 is 2.59 bits per heavy atom. The van der Waals surface area contributed by atoms with Crippen LogP contribution in [0.2, 0.25) is 0 Å². The first-order valence-corrected chi connectivity index (χ1v) is 10.1. The molecule has 1 aliphatic carbocycles. The van der Waals surface area contributed by atoms with Crippen LogP contribution in [0.3, 0.4) is 0 Å². The van der Waals surface area contributed by atoms with Crippen LogP contribution >= 0.6 is 0 Å². The third kappa shape index (κ3) is 3.79. The average molecular weight is 396 g/mol. The van der Waals surface area contributed by atoms with E-state index in [1.165, 1.54) is 12.8 Å². The molecule has 2 fully saturated rings. The van der Waals surface area contributed by atoms with Crippen LogP contribution in [0, 0.1) is 0 Å². The van der Waals surface area contributed by atoms with Gasteiger partial charge in [0.05, 0.1) is 5.69 Å². The highest BCUT2D eigenvalue weighted by Crippen LogP contribution is 2.39. The second-order valence-corrected chi connectivity index (χ2v) is 7.68. The molecule has 1 aromatic heterocycles. The van der Waals surface area contributed by atoms with Crippen LogP contribution in [0.1, 0.15) is 31.4 Å². The van der Waals surface area contributed by atoms with Crippen LogP contribution in [0.15, 0.2) is 30.3 Å². The molecule has 3 heterocycles. The van der Waals surface area contributed by atoms with E-state index in [2.05, 4.69) is 21.2 Å². The highest BCUT2D eigenvalue weighted by Gasteiger charge is 2.28. The minimum Gasteiger partial charge on any atom is -0.481 e. The van der Waals surface area contributed by atoms with E-state index in [4.69, 9.17) is 14.2 Å². The average Bonchev–Trinajstić information content (AvgIpc) is 3.51. The van der Waals surface area contributed by atoms with E-state index in [1.54, 1.807) is 25.1 Å². The third-order valence-corrected chi connectivity index (χ3v) is 5.59. The van der Waals surface area contributed by atoms with E-state index in [-0.39, 0.29) is 12.7 Å². The molecule has 0 unspecified atom stereocenters. The predicted molar refractivity (Wildman–Crippen MR) is 105 cm³/mol. The number of amides is 1. The Bertz CT molecular complexity index is 892. The number of anilines is 1. The Morgan fingerprint density at radius 2 is 1.86 bits per heavy atom. The summed E-state index contributed by atoms with van der Waals surface area (Å²) in [5, 5.41) is 8.74. The summed E-state index contributed by atoms with van der Waals surface area (Å²) in [6, 6.07) is 9.47. The molecule has 1 saturated carbocycles. The lowest BCUT2D eigenvalue weighted by atomic mass is 10.2. The number of carbonyl (C=O) groups excluding carboxylic acids is 1. The van der Waals surface area contributed by atoms with E-state index in [1.807, 2.05) is 11.0 Å². The molecule has 29 heavy (non-hydrogen) atoms. The zero-order valence-corrected chi connectivity index (χ0v) is 16.4. The summed E-state index contributed by atoms with van der Waals surface area (Å²) in [7, 11) is 0. The molecule has 3 aliphatic rings. The summed E-state index contributed by atoms with van der Waals surface area (Å²) in [6.07, 6.45) is 1.88. The molecule has 8 heteroatoms. The van der Waals surface area contributed by atoms with E-state index >= 15 is 0 Å². The van der Waals surface area contributed by atoms with Crippen molar-refractivity contribution < 1.29 is 19.0 Å². The van der Waals surface area contributed by atoms with Crippen molar-refractivity contribution >= 4 is 11.7 Å². The maximum absolute atomic E-state index is 12.8. The molecule has 1 atom stereocenters. The van der Waals surface area contributed by atoms with Crippen LogP contribution in [-0.2, 0) is 4.79 Å². The monoisotopic (exact) mass is 396 g/mol. The zero-order valence-electron chi connectivity index (χ0n) is 16.4. The Balaban J connectivity index is 1.15. The maximum Gasteiger partial charge on any atom is 0.263 e. The van der Waals surface area contributed by atoms with Crippen molar-refractivity contribution in [3.63, 3.8) is 0 Å². The SMILES string of the molecule is C[C@H](Oc1ccc2c(c1)OCO2)C(=O)N1CCN(c2ccc(C3CC3)nn2)CC1. The molecule has 0 spiro atoms. The molecule has 0 N–H and O–H groups in total. The van der Waals surface area contributed by atoms with Gasteiger partial charge in [-0.25, -0.2) is 0 Å². The lowest BCUT2D eigenvalue weighted by Gasteiger charge is -2.36. The third-order valence-electron chi connectivity index (χ3n) is 5.59. The number of carbonyl (C=O) groups is 1. The Labute approximate surface area is 169 Å². The van der Waals surface area contributed by atoms with Crippen molar-refractivity contribution in [2.75, 3.05) is 37.9 Å². The lowest BCUT2D eigenvalue weighted by molar-refractivity contribution is -0.138. The first-order chi connectivity index (χ1) is 14.2. The smallest absolute Gasteiger partial charge is 0.263 e. The van der Waals surface area contributed by atoms with Crippen molar-refractivity contribution in [3.8, 4) is 17.2 Å². The van der Waals surface area contributed by atoms with Gasteiger partial charge in [-0.05, 0) is 44.0 Å². The van der Waals surface area contributed by atoms with E-state index < -0.39 is 6.10 Å². The summed E-state index contributed by atoms with van der Waals surface area (Å²) in [4.78, 5) is 16.8. The van der Waals surface area contributed by atoms with Gasteiger partial charge in [0.2, 0.25) is 6.79 Å². The van der Waals surface area contributed by atoms with Crippen molar-refractivity contribution in [3.05, 3.63) is 36.0 Å². The molecule has 0 radical (unpaired) electrons. The Kier molecular flexibility index (Phi) is 4.61. The van der Waals surface area contributed by atoms with Crippen molar-refractivity contribution in [1.82, 2.24) is 15.1 Å². The van der Waals surface area contributed by atoms with Gasteiger partial charge in [-0.15, -0.1) is 5.10 Å². The summed E-state index contributed by atoms with van der Waals surface area (Å²) in [5.74, 6) is 3.41. The van der Waals surface area contributed by atoms with Gasteiger partial charge in [-0.1, -0.05) is 0 Å². The fourth-order valence-corrected chi connectivity index (χ4v) is 3.72. The quantitative estimate of drug-likeness (QED) is 0.767. The van der Waals surface area contributed by atoms with Crippen molar-refractivity contribution in [2.45, 2.75) is 31.8 Å². The van der Waals surface area contributed by atoms with Crippen LogP contribution in [0.4, 0.5) is 5.82 Å². The standard InChI is InChI=1S/C21H24N4O4/c1-14(29-16-4-6-18-19(12-16)28-13-27-18)21(26)25-10-8-24(9-11-25)20-7-5-17(22-23-20)15-2-3-15/h4-7,12,14-15H,2-3,8-11,13H2,1H3/t14-/m0/s1. The van der Waals surface area contributed by atoms with Gasteiger partial charge >= 0.3 is 0 Å². The topological polar surface area (TPSA) is 77.0 Å². The second-order valence-electron chi connectivity index (χ2n) is 7.68. The molecule has 152 valence electrons. The first kappa shape index (κ1) is 18.0. The van der Waals surface area contributed by atoms with E-state index in [9.17, 15) is 4.79 Å². The fourth-order valence-electron chi connectivity index (χ4n) is 3.72. The summed E-state index contributed by atoms with van der Waals surface area (Å²) >= 11 is 0.